The molecule has 0 bridgehead atoms. The van der Waals surface area contributed by atoms with E-state index < -0.39 is 62.6 Å². The molecule has 248 valence electrons. The Kier molecular flexibility index (Phi) is 27.2. The summed E-state index contributed by atoms with van der Waals surface area (Å²) in [5.74, 6) is -8.04. The van der Waals surface area contributed by atoms with Gasteiger partial charge in [-0.1, -0.05) is 7.43 Å². The van der Waals surface area contributed by atoms with Crippen molar-refractivity contribution in [3.05, 3.63) is 48.6 Å². The summed E-state index contributed by atoms with van der Waals surface area (Å²) in [6.45, 7) is 2.63. The Bertz CT molecular complexity index is 1020. The van der Waals surface area contributed by atoms with E-state index in [-0.39, 0.29) is 7.43 Å². The zero-order valence-corrected chi connectivity index (χ0v) is 27.6. The van der Waals surface area contributed by atoms with Crippen LogP contribution in [0.2, 0.25) is 13.1 Å². The maximum atomic E-state index is 11.8. The minimum absolute atomic E-state index is 0. The number of carbonyl (C=O) groups excluding carboxylic acids is 7. The smallest absolute Gasteiger partial charge is 0.478 e. The first kappa shape index (κ1) is 47.0. The molecule has 0 amide bonds. The van der Waals surface area contributed by atoms with Crippen LogP contribution < -0.4 is 0 Å². The molecule has 0 aromatic carbocycles. The van der Waals surface area contributed by atoms with E-state index in [9.17, 15) is 38.4 Å². The fraction of sp³-hybridized carbons (Fsp3) is 0.304. The third kappa shape index (κ3) is 34.2. The van der Waals surface area contributed by atoms with Crippen LogP contribution in [0.1, 0.15) is 7.43 Å². The van der Waals surface area contributed by atoms with Gasteiger partial charge in [0, 0.05) is 55.2 Å². The summed E-state index contributed by atoms with van der Waals surface area (Å²) < 4.78 is 31.6. The predicted octanol–water partition coefficient (Wildman–Crippen LogP) is 2.08. The minimum atomic E-state index is -4.34. The summed E-state index contributed by atoms with van der Waals surface area (Å²) in [7, 11) is 0.0446. The molecular formula is C23H31Cl3O16Si2. The van der Waals surface area contributed by atoms with Crippen LogP contribution in [0, 0.1) is 0 Å². The fourth-order valence-corrected chi connectivity index (χ4v) is 2.96. The Hall–Kier alpha value is -3.98. The van der Waals surface area contributed by atoms with Crippen molar-refractivity contribution in [2.45, 2.75) is 20.5 Å². The normalized spacial score (nSPS) is 10.7. The number of carboxylic acid groups (broad SMARTS) is 1. The molecule has 21 heteroatoms. The van der Waals surface area contributed by atoms with Crippen molar-refractivity contribution in [1.29, 1.82) is 0 Å². The Morgan fingerprint density at radius 1 is 0.477 bits per heavy atom. The number of ether oxygens (including phenoxy) is 4. The van der Waals surface area contributed by atoms with E-state index in [0.29, 0.717) is 24.3 Å². The third-order valence-electron chi connectivity index (χ3n) is 3.09. The zero-order chi connectivity index (χ0) is 34.2. The second-order valence-corrected chi connectivity index (χ2v) is 19.1. The topological polar surface area (TPSA) is 221 Å². The molecule has 0 fully saturated rings. The monoisotopic (exact) mass is 724 g/mol. The molecule has 0 aliphatic carbocycles. The number of hydrogen-bond acceptors (Lipinski definition) is 15. The highest BCUT2D eigenvalue weighted by molar-refractivity contribution is 7.64. The van der Waals surface area contributed by atoms with Gasteiger partial charge >= 0.3 is 62.6 Å². The molecule has 0 unspecified atom stereocenters. The van der Waals surface area contributed by atoms with E-state index in [1.807, 2.05) is 0 Å². The molecule has 0 saturated carbocycles. The number of halogens is 3. The van der Waals surface area contributed by atoms with Crippen LogP contribution in [-0.4, -0.2) is 96.1 Å². The molecule has 0 radical (unpaired) electrons. The Morgan fingerprint density at radius 3 is 0.841 bits per heavy atom. The first-order valence-corrected chi connectivity index (χ1v) is 18.5. The average Bonchev–Trinajstić information content (AvgIpc) is 2.90. The van der Waals surface area contributed by atoms with Gasteiger partial charge < -0.3 is 37.3 Å². The Labute approximate surface area is 268 Å². The quantitative estimate of drug-likeness (QED) is 0.106. The van der Waals surface area contributed by atoms with Gasteiger partial charge in [-0.05, 0) is 6.55 Å². The molecule has 0 aliphatic rings. The number of aliphatic carboxylic acids is 1. The van der Waals surface area contributed by atoms with Gasteiger partial charge in [0.1, 0.15) is 0 Å². The molecule has 0 saturated heterocycles. The number of methoxy groups -OCH3 is 4. The van der Waals surface area contributed by atoms with E-state index in [1.165, 1.54) is 7.11 Å². The number of esters is 4. The minimum Gasteiger partial charge on any atom is -0.478 e. The highest BCUT2D eigenvalue weighted by Crippen LogP contribution is 2.17. The molecule has 1 N–H and O–H groups in total. The van der Waals surface area contributed by atoms with Crippen LogP contribution in [0.15, 0.2) is 48.6 Å². The lowest BCUT2D eigenvalue weighted by molar-refractivity contribution is -0.145. The molecule has 0 aliphatic heterocycles. The van der Waals surface area contributed by atoms with Crippen molar-refractivity contribution < 1.29 is 75.7 Å². The van der Waals surface area contributed by atoms with E-state index >= 15 is 0 Å². The molecule has 0 aromatic heterocycles. The van der Waals surface area contributed by atoms with Crippen LogP contribution in [0.4, 0.5) is 0 Å². The lowest BCUT2D eigenvalue weighted by atomic mass is 10.5. The predicted molar refractivity (Wildman–Crippen MR) is 158 cm³/mol. The second kappa shape index (κ2) is 25.5. The van der Waals surface area contributed by atoms with Crippen molar-refractivity contribution >= 4 is 95.8 Å². The van der Waals surface area contributed by atoms with Crippen molar-refractivity contribution in [3.63, 3.8) is 0 Å². The maximum Gasteiger partial charge on any atom is 0.702 e. The zero-order valence-electron chi connectivity index (χ0n) is 23.3. The van der Waals surface area contributed by atoms with Gasteiger partial charge in [0.05, 0.1) is 28.4 Å². The molecular weight excluding hydrogens is 695 g/mol. The van der Waals surface area contributed by atoms with Gasteiger partial charge in [0.15, 0.2) is 0 Å². The van der Waals surface area contributed by atoms with Crippen LogP contribution >= 0.6 is 33.2 Å². The summed E-state index contributed by atoms with van der Waals surface area (Å²) in [6.07, 6.45) is 5.64. The van der Waals surface area contributed by atoms with E-state index in [2.05, 4.69) is 18.9 Å². The van der Waals surface area contributed by atoms with Gasteiger partial charge in [-0.3, -0.25) is 0 Å². The second-order valence-electron chi connectivity index (χ2n) is 6.67. The first-order chi connectivity index (χ1) is 19.7. The van der Waals surface area contributed by atoms with E-state index in [0.717, 1.165) is 52.2 Å². The standard InChI is InChI=1S/C16H18O12Si.C5H6O4.CH3Cl3Si.CH4/c1-23-11(17)5-8-14(20)26-29(4,27-15(21)9-6-12(18)24-2)28-16(22)10-7-13(19)25-3;1-9-5(8)3-2-4(6)7;1-5(2,3)4;/h5-10H,1-4H3;2-3H,1H3,(H,6,7);1H3;1H4/b8-5+,9-6+,10-7+;3-2+;;. The maximum absolute atomic E-state index is 11.8. The number of rotatable bonds is 11. The van der Waals surface area contributed by atoms with Crippen LogP contribution in [-0.2, 0) is 70.6 Å². The number of hydrogen-bond donors (Lipinski definition) is 1. The van der Waals surface area contributed by atoms with E-state index in [1.54, 1.807) is 6.55 Å². The van der Waals surface area contributed by atoms with Gasteiger partial charge in [0.25, 0.3) is 0 Å². The van der Waals surface area contributed by atoms with Crippen molar-refractivity contribution in [3.8, 4) is 0 Å². The van der Waals surface area contributed by atoms with Gasteiger partial charge in [-0.25, -0.2) is 38.4 Å². The Morgan fingerprint density at radius 2 is 0.659 bits per heavy atom. The highest BCUT2D eigenvalue weighted by atomic mass is 35.8. The molecule has 0 spiro atoms. The number of carbonyl (C=O) groups is 8. The molecule has 0 rings (SSSR count). The third-order valence-corrected chi connectivity index (χ3v) is 4.81. The van der Waals surface area contributed by atoms with Crippen molar-refractivity contribution in [2.75, 3.05) is 28.4 Å². The summed E-state index contributed by atoms with van der Waals surface area (Å²) in [5, 5.41) is 7.96. The highest BCUT2D eigenvalue weighted by Gasteiger charge is 2.47. The van der Waals surface area contributed by atoms with Crippen LogP contribution in [0.25, 0.3) is 0 Å². The summed E-state index contributed by atoms with van der Waals surface area (Å²) in [6, 6.07) is -2.19. The summed E-state index contributed by atoms with van der Waals surface area (Å²) in [5.41, 5.74) is 0. The molecule has 16 nitrogen and oxygen atoms in total. The average molecular weight is 726 g/mol. The first-order valence-electron chi connectivity index (χ1n) is 10.7. The lowest BCUT2D eigenvalue weighted by Gasteiger charge is -2.22. The van der Waals surface area contributed by atoms with E-state index in [4.69, 9.17) is 51.6 Å². The lowest BCUT2D eigenvalue weighted by Crippen LogP contribution is -2.46. The summed E-state index contributed by atoms with van der Waals surface area (Å²) in [4.78, 5) is 88.4. The molecule has 0 aromatic rings. The van der Waals surface area contributed by atoms with Gasteiger partial charge in [0.2, 0.25) is 0 Å². The molecule has 0 atom stereocenters. The fourth-order valence-electron chi connectivity index (χ4n) is 1.53. The van der Waals surface area contributed by atoms with Gasteiger partial charge in [-0.15, -0.1) is 33.2 Å². The van der Waals surface area contributed by atoms with Gasteiger partial charge in [-0.2, -0.15) is 0 Å². The summed E-state index contributed by atoms with van der Waals surface area (Å²) >= 11 is 15.6. The molecule has 44 heavy (non-hydrogen) atoms. The van der Waals surface area contributed by atoms with Crippen molar-refractivity contribution in [1.82, 2.24) is 0 Å². The largest absolute Gasteiger partial charge is 0.702 e. The molecule has 0 heterocycles. The number of carboxylic acids is 1. The van der Waals surface area contributed by atoms with Crippen LogP contribution in [0.5, 0.6) is 0 Å². The SMILES string of the molecule is C.COC(=O)/C=C/C(=O)O.COC(=O)/C=C/C(=O)O[Si](C)(OC(=O)/C=C/C(=O)OC)OC(=O)/C=C/C(=O)OC.C[Si](Cl)(Cl)Cl. The Balaban J connectivity index is -0.000000440. The van der Waals surface area contributed by atoms with Crippen LogP contribution in [0.3, 0.4) is 0 Å². The van der Waals surface area contributed by atoms with Crippen molar-refractivity contribution in [2.24, 2.45) is 0 Å².